The maximum atomic E-state index is 12.2. The van der Waals surface area contributed by atoms with E-state index in [9.17, 15) is 9.59 Å². The molecule has 2 rings (SSSR count). The minimum Gasteiger partial charge on any atom is -0.497 e. The number of carbonyl (C=O) groups excluding carboxylic acids is 2. The number of hydrazine groups is 1. The Morgan fingerprint density at radius 1 is 1.12 bits per heavy atom. The lowest BCUT2D eigenvalue weighted by molar-refractivity contribution is -0.129. The van der Waals surface area contributed by atoms with Crippen LogP contribution in [0, 0.1) is 0 Å². The van der Waals surface area contributed by atoms with E-state index in [4.69, 9.17) is 9.84 Å². The number of nitrogens with one attached hydrogen (secondary N) is 2. The fourth-order valence-electron chi connectivity index (χ4n) is 2.33. The molecule has 2 aromatic carbocycles. The third kappa shape index (κ3) is 4.45. The zero-order chi connectivity index (χ0) is 17.5. The Hall–Kier alpha value is -2.60. The van der Waals surface area contributed by atoms with E-state index in [2.05, 4.69) is 10.9 Å². The summed E-state index contributed by atoms with van der Waals surface area (Å²) in [6.07, 6.45) is 0.536. The van der Waals surface area contributed by atoms with Gasteiger partial charge in [0.25, 0.3) is 0 Å². The summed E-state index contributed by atoms with van der Waals surface area (Å²) < 4.78 is 5.20. The van der Waals surface area contributed by atoms with Crippen LogP contribution >= 0.6 is 0 Å². The van der Waals surface area contributed by atoms with Gasteiger partial charge in [-0.2, -0.15) is 0 Å². The third-order valence-electron chi connectivity index (χ3n) is 3.85. The van der Waals surface area contributed by atoms with Crippen LogP contribution in [0.5, 0.6) is 5.75 Å². The van der Waals surface area contributed by atoms with E-state index < -0.39 is 5.92 Å². The number of amides is 2. The number of ether oxygens (including phenoxy) is 1. The van der Waals surface area contributed by atoms with Crippen LogP contribution in [-0.2, 0) is 9.59 Å². The lowest BCUT2D eigenvalue weighted by Crippen LogP contribution is -2.43. The first kappa shape index (κ1) is 17.7. The normalized spacial score (nSPS) is 11.8. The molecule has 0 saturated heterocycles. The van der Waals surface area contributed by atoms with Gasteiger partial charge in [-0.1, -0.05) is 24.3 Å². The molecular weight excluding hydrogens is 308 g/mol. The number of benzene rings is 2. The smallest absolute Gasteiger partial charge is 0.245 e. The highest BCUT2D eigenvalue weighted by molar-refractivity contribution is 5.89. The first-order valence-electron chi connectivity index (χ1n) is 7.82. The van der Waals surface area contributed by atoms with Crippen LogP contribution in [-0.4, -0.2) is 30.6 Å². The van der Waals surface area contributed by atoms with Gasteiger partial charge in [0.1, 0.15) is 5.75 Å². The van der Waals surface area contributed by atoms with E-state index in [0.29, 0.717) is 6.42 Å². The number of aliphatic hydroxyl groups excluding tert-OH is 1. The molecular formula is C18H22N2O4. The van der Waals surface area contributed by atoms with E-state index in [0.717, 1.165) is 22.1 Å². The molecule has 2 amide bonds. The number of fused-ring (bicyclic) bond motifs is 1. The quantitative estimate of drug-likeness (QED) is 0.706. The summed E-state index contributed by atoms with van der Waals surface area (Å²) in [6, 6.07) is 11.5. The minimum absolute atomic E-state index is 0.0559. The van der Waals surface area contributed by atoms with Crippen molar-refractivity contribution in [3.05, 3.63) is 42.0 Å². The summed E-state index contributed by atoms with van der Waals surface area (Å²) in [4.78, 5) is 23.6. The summed E-state index contributed by atoms with van der Waals surface area (Å²) in [7, 11) is 1.62. The van der Waals surface area contributed by atoms with Crippen molar-refractivity contribution >= 4 is 22.6 Å². The average Bonchev–Trinajstić information content (AvgIpc) is 2.62. The van der Waals surface area contributed by atoms with Crippen molar-refractivity contribution in [2.75, 3.05) is 13.7 Å². The molecule has 0 heterocycles. The summed E-state index contributed by atoms with van der Waals surface area (Å²) in [5, 5.41) is 10.7. The second kappa shape index (κ2) is 8.31. The van der Waals surface area contributed by atoms with Crippen LogP contribution in [0.1, 0.15) is 31.2 Å². The predicted molar refractivity (Wildman–Crippen MR) is 91.5 cm³/mol. The van der Waals surface area contributed by atoms with Gasteiger partial charge in [-0.15, -0.1) is 0 Å². The molecule has 0 aromatic heterocycles. The molecule has 3 N–H and O–H groups in total. The van der Waals surface area contributed by atoms with Crippen LogP contribution in [0.4, 0.5) is 0 Å². The molecule has 0 fully saturated rings. The van der Waals surface area contributed by atoms with E-state index in [1.165, 1.54) is 0 Å². The van der Waals surface area contributed by atoms with E-state index in [1.807, 2.05) is 36.4 Å². The second-order valence-electron chi connectivity index (χ2n) is 5.56. The van der Waals surface area contributed by atoms with Gasteiger partial charge in [0.05, 0.1) is 13.0 Å². The van der Waals surface area contributed by atoms with Crippen LogP contribution in [0.25, 0.3) is 10.8 Å². The van der Waals surface area contributed by atoms with Crippen LogP contribution in [0.2, 0.25) is 0 Å². The number of aliphatic hydroxyl groups is 1. The van der Waals surface area contributed by atoms with E-state index in [1.54, 1.807) is 14.0 Å². The molecule has 0 unspecified atom stereocenters. The van der Waals surface area contributed by atoms with Gasteiger partial charge < -0.3 is 9.84 Å². The highest BCUT2D eigenvalue weighted by Gasteiger charge is 2.16. The van der Waals surface area contributed by atoms with Crippen LogP contribution in [0.15, 0.2) is 36.4 Å². The number of carbonyl (C=O) groups is 2. The van der Waals surface area contributed by atoms with Crippen molar-refractivity contribution in [1.29, 1.82) is 0 Å². The first-order chi connectivity index (χ1) is 11.5. The largest absolute Gasteiger partial charge is 0.497 e. The summed E-state index contributed by atoms with van der Waals surface area (Å²) in [5.41, 5.74) is 5.63. The SMILES string of the molecule is COc1ccc2cc([C@H](C)C(=O)NNC(=O)CCCO)ccc2c1. The van der Waals surface area contributed by atoms with Crippen molar-refractivity contribution in [3.63, 3.8) is 0 Å². The molecule has 0 aliphatic carbocycles. The van der Waals surface area contributed by atoms with Gasteiger partial charge in [0.15, 0.2) is 0 Å². The van der Waals surface area contributed by atoms with E-state index in [-0.39, 0.29) is 24.8 Å². The molecule has 0 bridgehead atoms. The van der Waals surface area contributed by atoms with Gasteiger partial charge >= 0.3 is 0 Å². The Kier molecular flexibility index (Phi) is 6.14. The molecule has 6 heteroatoms. The molecule has 0 radical (unpaired) electrons. The zero-order valence-corrected chi connectivity index (χ0v) is 13.8. The zero-order valence-electron chi connectivity index (χ0n) is 13.8. The van der Waals surface area contributed by atoms with Gasteiger partial charge in [0, 0.05) is 13.0 Å². The molecule has 0 spiro atoms. The second-order valence-corrected chi connectivity index (χ2v) is 5.56. The average molecular weight is 330 g/mol. The molecule has 1 atom stereocenters. The lowest BCUT2D eigenvalue weighted by Gasteiger charge is -2.14. The standard InChI is InChI=1S/C18H22N2O4/c1-12(18(23)20-19-17(22)4-3-9-21)13-5-6-15-11-16(24-2)8-7-14(15)10-13/h5-8,10-12,21H,3-4,9H2,1-2H3,(H,19,22)(H,20,23)/t12-/m0/s1. The predicted octanol–water partition coefficient (Wildman–Crippen LogP) is 1.87. The monoisotopic (exact) mass is 330 g/mol. The minimum atomic E-state index is -0.408. The number of hydrogen-bond acceptors (Lipinski definition) is 4. The molecule has 0 aliphatic rings. The Bertz CT molecular complexity index is 730. The summed E-state index contributed by atoms with van der Waals surface area (Å²) >= 11 is 0. The van der Waals surface area contributed by atoms with E-state index >= 15 is 0 Å². The van der Waals surface area contributed by atoms with Crippen molar-refractivity contribution in [3.8, 4) is 5.75 Å². The van der Waals surface area contributed by atoms with Crippen LogP contribution in [0.3, 0.4) is 0 Å². The Morgan fingerprint density at radius 3 is 2.54 bits per heavy atom. The maximum Gasteiger partial charge on any atom is 0.245 e. The van der Waals surface area contributed by atoms with Gasteiger partial charge in [-0.05, 0) is 41.8 Å². The Balaban J connectivity index is 2.03. The van der Waals surface area contributed by atoms with Crippen molar-refractivity contribution in [2.24, 2.45) is 0 Å². The Labute approximate surface area is 140 Å². The van der Waals surface area contributed by atoms with Crippen molar-refractivity contribution in [2.45, 2.75) is 25.7 Å². The molecule has 0 aliphatic heterocycles. The van der Waals surface area contributed by atoms with Gasteiger partial charge in [-0.3, -0.25) is 20.4 Å². The molecule has 24 heavy (non-hydrogen) atoms. The van der Waals surface area contributed by atoms with Crippen molar-refractivity contribution in [1.82, 2.24) is 10.9 Å². The molecule has 128 valence electrons. The highest BCUT2D eigenvalue weighted by Crippen LogP contribution is 2.25. The number of rotatable bonds is 6. The summed E-state index contributed by atoms with van der Waals surface area (Å²) in [5.74, 6) is -0.239. The first-order valence-corrected chi connectivity index (χ1v) is 7.82. The van der Waals surface area contributed by atoms with Crippen LogP contribution < -0.4 is 15.6 Å². The molecule has 2 aromatic rings. The molecule has 6 nitrogen and oxygen atoms in total. The molecule has 0 saturated carbocycles. The van der Waals surface area contributed by atoms with Gasteiger partial charge in [0.2, 0.25) is 11.8 Å². The van der Waals surface area contributed by atoms with Gasteiger partial charge in [-0.25, -0.2) is 0 Å². The fourth-order valence-corrected chi connectivity index (χ4v) is 2.33. The number of hydrogen-bond donors (Lipinski definition) is 3. The number of methoxy groups -OCH3 is 1. The lowest BCUT2D eigenvalue weighted by atomic mass is 9.97. The highest BCUT2D eigenvalue weighted by atomic mass is 16.5. The third-order valence-corrected chi connectivity index (χ3v) is 3.85. The topological polar surface area (TPSA) is 87.7 Å². The van der Waals surface area contributed by atoms with Crippen molar-refractivity contribution < 1.29 is 19.4 Å². The maximum absolute atomic E-state index is 12.2. The Morgan fingerprint density at radius 2 is 1.83 bits per heavy atom. The summed E-state index contributed by atoms with van der Waals surface area (Å²) in [6.45, 7) is 1.72. The fraction of sp³-hybridized carbons (Fsp3) is 0.333.